The molecule has 0 radical (unpaired) electrons. The molecule has 0 aliphatic carbocycles. The molecule has 0 fully saturated rings. The summed E-state index contributed by atoms with van der Waals surface area (Å²) in [5.74, 6) is 0.574. The van der Waals surface area contributed by atoms with Crippen molar-refractivity contribution in [3.05, 3.63) is 23.3 Å². The van der Waals surface area contributed by atoms with Crippen LogP contribution in [-0.2, 0) is 4.79 Å². The number of ketones is 1. The molecular formula is C11H18O. The average molecular weight is 166 g/mol. The summed E-state index contributed by atoms with van der Waals surface area (Å²) in [5.41, 5.74) is 1.99. The van der Waals surface area contributed by atoms with Gasteiger partial charge in [0.25, 0.3) is 0 Å². The van der Waals surface area contributed by atoms with Gasteiger partial charge in [-0.3, -0.25) is 4.79 Å². The van der Waals surface area contributed by atoms with Gasteiger partial charge in [0.2, 0.25) is 0 Å². The Kier molecular flexibility index (Phi) is 4.57. The second kappa shape index (κ2) is 4.91. The van der Waals surface area contributed by atoms with Crippen molar-refractivity contribution < 1.29 is 4.79 Å². The minimum absolute atomic E-state index is 0.143. The molecule has 68 valence electrons. The highest BCUT2D eigenvalue weighted by Gasteiger charge is 2.00. The number of carbonyl (C=O) groups is 1. The molecular weight excluding hydrogens is 148 g/mol. The van der Waals surface area contributed by atoms with Crippen LogP contribution in [0.15, 0.2) is 23.3 Å². The van der Waals surface area contributed by atoms with E-state index in [0.29, 0.717) is 5.92 Å². The van der Waals surface area contributed by atoms with E-state index >= 15 is 0 Å². The van der Waals surface area contributed by atoms with Gasteiger partial charge in [0, 0.05) is 5.57 Å². The first-order chi connectivity index (χ1) is 5.43. The predicted octanol–water partition coefficient (Wildman–Crippen LogP) is 3.12. The molecule has 0 saturated carbocycles. The van der Waals surface area contributed by atoms with E-state index in [1.54, 1.807) is 6.92 Å². The molecule has 0 atom stereocenters. The fraction of sp³-hybridized carbons (Fsp3) is 0.545. The molecule has 0 aromatic heterocycles. The molecule has 0 rings (SSSR count). The van der Waals surface area contributed by atoms with Gasteiger partial charge in [-0.1, -0.05) is 31.6 Å². The van der Waals surface area contributed by atoms with Crippen molar-refractivity contribution >= 4 is 5.78 Å². The van der Waals surface area contributed by atoms with Gasteiger partial charge in [-0.25, -0.2) is 0 Å². The van der Waals surface area contributed by atoms with Crippen LogP contribution in [0.1, 0.15) is 34.6 Å². The molecule has 0 saturated heterocycles. The molecule has 0 aliphatic rings. The number of rotatable bonds is 3. The van der Waals surface area contributed by atoms with E-state index in [2.05, 4.69) is 13.8 Å². The molecule has 1 heteroatoms. The van der Waals surface area contributed by atoms with Crippen molar-refractivity contribution in [3.63, 3.8) is 0 Å². The van der Waals surface area contributed by atoms with Crippen LogP contribution in [0.2, 0.25) is 0 Å². The summed E-state index contributed by atoms with van der Waals surface area (Å²) < 4.78 is 0. The predicted molar refractivity (Wildman–Crippen MR) is 53.0 cm³/mol. The Morgan fingerprint density at radius 3 is 1.92 bits per heavy atom. The van der Waals surface area contributed by atoms with Gasteiger partial charge in [0.1, 0.15) is 0 Å². The number of hydrogen-bond donors (Lipinski definition) is 0. The zero-order valence-corrected chi connectivity index (χ0v) is 8.64. The first-order valence-electron chi connectivity index (χ1n) is 4.31. The van der Waals surface area contributed by atoms with Crippen LogP contribution in [0.5, 0.6) is 0 Å². The van der Waals surface area contributed by atoms with Gasteiger partial charge in [-0.2, -0.15) is 0 Å². The van der Waals surface area contributed by atoms with Gasteiger partial charge in [-0.05, 0) is 26.7 Å². The van der Waals surface area contributed by atoms with Crippen LogP contribution in [0.3, 0.4) is 0 Å². The topological polar surface area (TPSA) is 17.1 Å². The zero-order valence-electron chi connectivity index (χ0n) is 8.64. The Bertz CT molecular complexity index is 215. The van der Waals surface area contributed by atoms with E-state index in [-0.39, 0.29) is 5.78 Å². The molecule has 12 heavy (non-hydrogen) atoms. The molecule has 0 aromatic carbocycles. The van der Waals surface area contributed by atoms with Crippen molar-refractivity contribution in [3.8, 4) is 0 Å². The Balaban J connectivity index is 4.68. The summed E-state index contributed by atoms with van der Waals surface area (Å²) in [6, 6.07) is 0. The van der Waals surface area contributed by atoms with E-state index in [1.807, 2.05) is 26.0 Å². The fourth-order valence-electron chi connectivity index (χ4n) is 0.937. The third-order valence-electron chi connectivity index (χ3n) is 1.36. The molecule has 0 bridgehead atoms. The maximum Gasteiger partial charge on any atom is 0.159 e. The third kappa shape index (κ3) is 4.89. The van der Waals surface area contributed by atoms with Crippen LogP contribution in [0, 0.1) is 5.92 Å². The van der Waals surface area contributed by atoms with Crippen molar-refractivity contribution in [1.82, 2.24) is 0 Å². The van der Waals surface area contributed by atoms with Crippen LogP contribution in [0.4, 0.5) is 0 Å². The minimum Gasteiger partial charge on any atom is -0.295 e. The van der Waals surface area contributed by atoms with E-state index in [4.69, 9.17) is 0 Å². The molecule has 0 amide bonds. The van der Waals surface area contributed by atoms with Crippen LogP contribution in [0.25, 0.3) is 0 Å². The standard InChI is InChI=1S/C11H18O/c1-8(2)6-11(10(5)12)7-9(3)4/h6-8H,1-5H3/b11-6+. The Morgan fingerprint density at radius 1 is 1.17 bits per heavy atom. The van der Waals surface area contributed by atoms with Crippen molar-refractivity contribution in [2.75, 3.05) is 0 Å². The number of allylic oxidation sites excluding steroid dienone is 4. The van der Waals surface area contributed by atoms with Crippen molar-refractivity contribution in [2.45, 2.75) is 34.6 Å². The van der Waals surface area contributed by atoms with Crippen molar-refractivity contribution in [1.29, 1.82) is 0 Å². The summed E-state index contributed by atoms with van der Waals surface area (Å²) in [6.07, 6.45) is 3.93. The first-order valence-corrected chi connectivity index (χ1v) is 4.31. The average Bonchev–Trinajstić information content (AvgIpc) is 1.83. The first kappa shape index (κ1) is 11.2. The summed E-state index contributed by atoms with van der Waals surface area (Å²) in [6.45, 7) is 9.74. The summed E-state index contributed by atoms with van der Waals surface area (Å²) >= 11 is 0. The normalized spacial score (nSPS) is 11.7. The summed E-state index contributed by atoms with van der Waals surface area (Å²) in [5, 5.41) is 0. The number of Topliss-reactive ketones (excluding diaryl/α,β-unsaturated/α-hetero) is 1. The molecule has 0 heterocycles. The fourth-order valence-corrected chi connectivity index (χ4v) is 0.937. The lowest BCUT2D eigenvalue weighted by atomic mass is 10.0. The van der Waals surface area contributed by atoms with Gasteiger partial charge in [0.15, 0.2) is 5.78 Å². The smallest absolute Gasteiger partial charge is 0.159 e. The number of hydrogen-bond acceptors (Lipinski definition) is 1. The summed E-state index contributed by atoms with van der Waals surface area (Å²) in [4.78, 5) is 11.1. The van der Waals surface area contributed by atoms with Gasteiger partial charge >= 0.3 is 0 Å². The van der Waals surface area contributed by atoms with Crippen LogP contribution in [-0.4, -0.2) is 5.78 Å². The lowest BCUT2D eigenvalue weighted by Gasteiger charge is -2.00. The van der Waals surface area contributed by atoms with Crippen LogP contribution < -0.4 is 0 Å². The molecule has 0 aromatic rings. The van der Waals surface area contributed by atoms with Gasteiger partial charge < -0.3 is 0 Å². The molecule has 0 unspecified atom stereocenters. The van der Waals surface area contributed by atoms with E-state index < -0.39 is 0 Å². The quantitative estimate of drug-likeness (QED) is 0.465. The molecule has 1 nitrogen and oxygen atoms in total. The lowest BCUT2D eigenvalue weighted by molar-refractivity contribution is -0.113. The second-order valence-corrected chi connectivity index (χ2v) is 3.64. The molecule has 0 spiro atoms. The SMILES string of the molecule is CC(=O)/C(C=C(C)C)=C/C(C)C. The Morgan fingerprint density at radius 2 is 1.67 bits per heavy atom. The third-order valence-corrected chi connectivity index (χ3v) is 1.36. The molecule has 0 aliphatic heterocycles. The largest absolute Gasteiger partial charge is 0.295 e. The monoisotopic (exact) mass is 166 g/mol. The molecule has 0 N–H and O–H groups in total. The second-order valence-electron chi connectivity index (χ2n) is 3.64. The lowest BCUT2D eigenvalue weighted by Crippen LogP contribution is -1.96. The summed E-state index contributed by atoms with van der Waals surface area (Å²) in [7, 11) is 0. The van der Waals surface area contributed by atoms with E-state index in [1.165, 1.54) is 0 Å². The maximum absolute atomic E-state index is 11.1. The Hall–Kier alpha value is -0.850. The van der Waals surface area contributed by atoms with Crippen molar-refractivity contribution in [2.24, 2.45) is 5.92 Å². The highest BCUT2D eigenvalue weighted by atomic mass is 16.1. The van der Waals surface area contributed by atoms with Gasteiger partial charge in [-0.15, -0.1) is 0 Å². The number of carbonyl (C=O) groups excluding carboxylic acids is 1. The maximum atomic E-state index is 11.1. The highest BCUT2D eigenvalue weighted by molar-refractivity contribution is 5.96. The van der Waals surface area contributed by atoms with Crippen LogP contribution >= 0.6 is 0 Å². The van der Waals surface area contributed by atoms with E-state index in [9.17, 15) is 4.79 Å². The van der Waals surface area contributed by atoms with Gasteiger partial charge in [0.05, 0.1) is 0 Å². The van der Waals surface area contributed by atoms with E-state index in [0.717, 1.165) is 11.1 Å². The highest BCUT2D eigenvalue weighted by Crippen LogP contribution is 2.07. The minimum atomic E-state index is 0.143. The Labute approximate surface area is 75.2 Å². The zero-order chi connectivity index (χ0) is 9.72.